The monoisotopic (exact) mass is 337 g/mol. The number of nitrogens with zero attached hydrogens (tertiary/aromatic N) is 1. The third kappa shape index (κ3) is 3.30. The molecule has 1 heterocycles. The van der Waals surface area contributed by atoms with Crippen molar-refractivity contribution in [3.8, 4) is 0 Å². The van der Waals surface area contributed by atoms with Gasteiger partial charge in [0.2, 0.25) is 0 Å². The Morgan fingerprint density at radius 1 is 1.30 bits per heavy atom. The number of hydrogen-bond donors (Lipinski definition) is 0. The Hall–Kier alpha value is -2.12. The molecular formula is C16H19NO5S. The summed E-state index contributed by atoms with van der Waals surface area (Å²) in [5, 5.41) is 0. The number of sulfonamides is 1. The van der Waals surface area contributed by atoms with Gasteiger partial charge in [-0.25, -0.2) is 12.7 Å². The molecule has 2 atom stereocenters. The highest BCUT2D eigenvalue weighted by atomic mass is 32.2. The van der Waals surface area contributed by atoms with Gasteiger partial charge in [-0.3, -0.25) is 4.79 Å². The van der Waals surface area contributed by atoms with Crippen molar-refractivity contribution in [2.75, 3.05) is 13.7 Å². The molecule has 0 spiro atoms. The molecule has 0 N–H and O–H groups in total. The highest BCUT2D eigenvalue weighted by molar-refractivity contribution is 7.89. The van der Waals surface area contributed by atoms with Gasteiger partial charge in [0.1, 0.15) is 5.92 Å². The lowest BCUT2D eigenvalue weighted by Gasteiger charge is -2.35. The van der Waals surface area contributed by atoms with E-state index in [0.29, 0.717) is 5.57 Å². The van der Waals surface area contributed by atoms with E-state index >= 15 is 0 Å². The van der Waals surface area contributed by atoms with Gasteiger partial charge in [0.15, 0.2) is 6.23 Å². The summed E-state index contributed by atoms with van der Waals surface area (Å²) in [6.45, 7) is 5.76. The molecular weight excluding hydrogens is 318 g/mol. The lowest BCUT2D eigenvalue weighted by molar-refractivity contribution is -0.146. The predicted molar refractivity (Wildman–Crippen MR) is 84.7 cm³/mol. The zero-order valence-corrected chi connectivity index (χ0v) is 13.8. The van der Waals surface area contributed by atoms with Crippen molar-refractivity contribution in [3.63, 3.8) is 0 Å². The summed E-state index contributed by atoms with van der Waals surface area (Å²) in [4.78, 5) is 12.1. The number of methoxy groups -OCH3 is 1. The second kappa shape index (κ2) is 6.97. The van der Waals surface area contributed by atoms with Crippen molar-refractivity contribution in [2.45, 2.75) is 18.0 Å². The van der Waals surface area contributed by atoms with Crippen LogP contribution in [-0.4, -0.2) is 38.6 Å². The number of ether oxygens (including phenoxy) is 2. The maximum Gasteiger partial charge on any atom is 0.317 e. The fraction of sp³-hybridized carbons (Fsp3) is 0.312. The molecule has 0 amide bonds. The maximum atomic E-state index is 12.7. The number of carbonyl (C=O) groups excluding carboxylic acids is 1. The Balaban J connectivity index is 2.39. The minimum absolute atomic E-state index is 0.133. The average Bonchev–Trinajstić information content (AvgIpc) is 2.55. The lowest BCUT2D eigenvalue weighted by Crippen LogP contribution is -2.44. The normalized spacial score (nSPS) is 21.3. The standard InChI is InChI=1S/C16H19NO5S/c1-4-22-16(18)14-10-11-17(15(21-3)12(14)2)23(19,20)13-8-6-5-7-9-13/h5-11,14-15H,2,4H2,1,3H3/t14-,15-/m0/s1. The van der Waals surface area contributed by atoms with Crippen molar-refractivity contribution in [1.82, 2.24) is 4.31 Å². The molecule has 0 radical (unpaired) electrons. The van der Waals surface area contributed by atoms with Crippen molar-refractivity contribution in [1.29, 1.82) is 0 Å². The molecule has 0 aromatic heterocycles. The van der Waals surface area contributed by atoms with Gasteiger partial charge < -0.3 is 9.47 Å². The van der Waals surface area contributed by atoms with Crippen LogP contribution >= 0.6 is 0 Å². The van der Waals surface area contributed by atoms with Crippen LogP contribution in [0, 0.1) is 5.92 Å². The molecule has 0 aliphatic carbocycles. The third-order valence-electron chi connectivity index (χ3n) is 3.46. The summed E-state index contributed by atoms with van der Waals surface area (Å²) in [5.74, 6) is -1.21. The van der Waals surface area contributed by atoms with E-state index < -0.39 is 28.1 Å². The van der Waals surface area contributed by atoms with Crippen LogP contribution in [-0.2, 0) is 24.3 Å². The van der Waals surface area contributed by atoms with Gasteiger partial charge in [0.25, 0.3) is 10.0 Å². The molecule has 2 rings (SSSR count). The number of rotatable bonds is 5. The number of carbonyl (C=O) groups is 1. The fourth-order valence-electron chi connectivity index (χ4n) is 2.33. The van der Waals surface area contributed by atoms with Crippen molar-refractivity contribution < 1.29 is 22.7 Å². The highest BCUT2D eigenvalue weighted by Crippen LogP contribution is 2.31. The lowest BCUT2D eigenvalue weighted by atomic mass is 9.97. The summed E-state index contributed by atoms with van der Waals surface area (Å²) in [7, 11) is -2.44. The van der Waals surface area contributed by atoms with Crippen LogP contribution in [0.3, 0.4) is 0 Å². The molecule has 1 aliphatic rings. The maximum absolute atomic E-state index is 12.7. The first-order valence-electron chi connectivity index (χ1n) is 7.08. The van der Waals surface area contributed by atoms with E-state index in [0.717, 1.165) is 4.31 Å². The predicted octanol–water partition coefficient (Wildman–Crippen LogP) is 1.91. The zero-order valence-electron chi connectivity index (χ0n) is 13.0. The van der Waals surface area contributed by atoms with Gasteiger partial charge in [-0.2, -0.15) is 0 Å². The molecule has 124 valence electrons. The highest BCUT2D eigenvalue weighted by Gasteiger charge is 2.38. The second-order valence-electron chi connectivity index (χ2n) is 4.88. The second-order valence-corrected chi connectivity index (χ2v) is 6.73. The third-order valence-corrected chi connectivity index (χ3v) is 5.19. The molecule has 0 fully saturated rings. The minimum Gasteiger partial charge on any atom is -0.465 e. The van der Waals surface area contributed by atoms with Gasteiger partial charge >= 0.3 is 5.97 Å². The SMILES string of the molecule is C=C1[C@@H](C(=O)OCC)C=CN(S(=O)(=O)c2ccccc2)[C@H]1OC. The molecule has 1 aromatic rings. The van der Waals surface area contributed by atoms with Gasteiger partial charge in [0.05, 0.1) is 11.5 Å². The van der Waals surface area contributed by atoms with Crippen LogP contribution in [0.5, 0.6) is 0 Å². The number of benzene rings is 1. The van der Waals surface area contributed by atoms with Gasteiger partial charge in [-0.15, -0.1) is 0 Å². The summed E-state index contributed by atoms with van der Waals surface area (Å²) >= 11 is 0. The first kappa shape index (κ1) is 17.2. The van der Waals surface area contributed by atoms with Crippen molar-refractivity contribution in [3.05, 3.63) is 54.8 Å². The van der Waals surface area contributed by atoms with Crippen molar-refractivity contribution >= 4 is 16.0 Å². The summed E-state index contributed by atoms with van der Waals surface area (Å²) in [5.41, 5.74) is 0.313. The Labute approximate surface area is 136 Å². The molecule has 23 heavy (non-hydrogen) atoms. The first-order valence-corrected chi connectivity index (χ1v) is 8.52. The van der Waals surface area contributed by atoms with Crippen LogP contribution in [0.4, 0.5) is 0 Å². The largest absolute Gasteiger partial charge is 0.465 e. The zero-order chi connectivity index (χ0) is 17.0. The molecule has 0 unspecified atom stereocenters. The van der Waals surface area contributed by atoms with Crippen LogP contribution in [0.1, 0.15) is 6.92 Å². The van der Waals surface area contributed by atoms with E-state index in [4.69, 9.17) is 9.47 Å². The van der Waals surface area contributed by atoms with E-state index in [1.165, 1.54) is 31.5 Å². The Bertz CT molecular complexity index is 711. The molecule has 0 saturated carbocycles. The van der Waals surface area contributed by atoms with E-state index in [1.807, 2.05) is 0 Å². The van der Waals surface area contributed by atoms with Gasteiger partial charge in [-0.05, 0) is 30.7 Å². The van der Waals surface area contributed by atoms with Crippen LogP contribution in [0.2, 0.25) is 0 Å². The van der Waals surface area contributed by atoms with E-state index in [9.17, 15) is 13.2 Å². The molecule has 0 saturated heterocycles. The fourth-order valence-corrected chi connectivity index (χ4v) is 3.78. The quantitative estimate of drug-likeness (QED) is 0.606. The average molecular weight is 337 g/mol. The van der Waals surface area contributed by atoms with Crippen LogP contribution in [0.15, 0.2) is 59.7 Å². The van der Waals surface area contributed by atoms with Gasteiger partial charge in [-0.1, -0.05) is 24.8 Å². The summed E-state index contributed by atoms with van der Waals surface area (Å²) < 4.78 is 36.8. The van der Waals surface area contributed by atoms with E-state index in [2.05, 4.69) is 6.58 Å². The molecule has 7 heteroatoms. The van der Waals surface area contributed by atoms with Crippen LogP contribution < -0.4 is 0 Å². The van der Waals surface area contributed by atoms with Crippen molar-refractivity contribution in [2.24, 2.45) is 5.92 Å². The topological polar surface area (TPSA) is 72.9 Å². The van der Waals surface area contributed by atoms with Gasteiger partial charge in [0, 0.05) is 13.3 Å². The molecule has 1 aliphatic heterocycles. The minimum atomic E-state index is -3.81. The first-order chi connectivity index (χ1) is 10.9. The Kier molecular flexibility index (Phi) is 5.23. The smallest absolute Gasteiger partial charge is 0.317 e. The summed E-state index contributed by atoms with van der Waals surface area (Å²) in [6, 6.07) is 8.00. The van der Waals surface area contributed by atoms with E-state index in [1.54, 1.807) is 25.1 Å². The van der Waals surface area contributed by atoms with E-state index in [-0.39, 0.29) is 11.5 Å². The summed E-state index contributed by atoms with van der Waals surface area (Å²) in [6.07, 6.45) is 1.81. The molecule has 1 aromatic carbocycles. The molecule has 6 nitrogen and oxygen atoms in total. The Morgan fingerprint density at radius 3 is 2.52 bits per heavy atom. The van der Waals surface area contributed by atoms with Crippen LogP contribution in [0.25, 0.3) is 0 Å². The number of hydrogen-bond acceptors (Lipinski definition) is 5. The molecule has 0 bridgehead atoms. The Morgan fingerprint density at radius 2 is 1.96 bits per heavy atom. The number of esters is 1.